The first-order valence-corrected chi connectivity index (χ1v) is 15.7. The number of ether oxygens (including phenoxy) is 3. The van der Waals surface area contributed by atoms with Gasteiger partial charge in [0.25, 0.3) is 5.78 Å². The van der Waals surface area contributed by atoms with Crippen molar-refractivity contribution in [1.29, 1.82) is 0 Å². The van der Waals surface area contributed by atoms with E-state index in [0.717, 1.165) is 39.1 Å². The van der Waals surface area contributed by atoms with Crippen LogP contribution in [0.3, 0.4) is 0 Å². The third kappa shape index (κ3) is 5.30. The number of anilines is 1. The van der Waals surface area contributed by atoms with Gasteiger partial charge in [0.2, 0.25) is 0 Å². The van der Waals surface area contributed by atoms with Crippen molar-refractivity contribution in [1.82, 2.24) is 4.98 Å². The van der Waals surface area contributed by atoms with E-state index < -0.39 is 17.7 Å². The fourth-order valence-electron chi connectivity index (χ4n) is 5.91. The minimum Gasteiger partial charge on any atom is -0.507 e. The summed E-state index contributed by atoms with van der Waals surface area (Å²) in [6, 6.07) is 13.8. The molecule has 3 aromatic carbocycles. The Morgan fingerprint density at radius 1 is 1.11 bits per heavy atom. The molecule has 9 heteroatoms. The van der Waals surface area contributed by atoms with Gasteiger partial charge in [-0.15, -0.1) is 0 Å². The van der Waals surface area contributed by atoms with E-state index in [1.54, 1.807) is 31.4 Å². The van der Waals surface area contributed by atoms with E-state index in [4.69, 9.17) is 19.2 Å². The molecule has 0 spiro atoms. The van der Waals surface area contributed by atoms with Crippen LogP contribution >= 0.6 is 11.3 Å². The highest BCUT2D eigenvalue weighted by Crippen LogP contribution is 2.46. The molecule has 2 aliphatic rings. The SMILES string of the molecule is COc1cc([C@H]2C(=C(O)c3ccc4c(c3)C[C@H](C)O4)C(=O)C(=O)N2c2nc3c(C)cc(C)cc3s2)ccc1OCCC(C)C. The molecule has 0 unspecified atom stereocenters. The number of carbonyl (C=O) groups excluding carboxylic acids is 2. The average Bonchev–Trinajstić information content (AvgIpc) is 3.65. The van der Waals surface area contributed by atoms with E-state index in [9.17, 15) is 14.7 Å². The minimum absolute atomic E-state index is 0.00963. The van der Waals surface area contributed by atoms with Gasteiger partial charge in [-0.2, -0.15) is 0 Å². The molecule has 0 saturated carbocycles. The largest absolute Gasteiger partial charge is 0.507 e. The predicted molar refractivity (Wildman–Crippen MR) is 172 cm³/mol. The zero-order valence-corrected chi connectivity index (χ0v) is 26.6. The number of amides is 1. The summed E-state index contributed by atoms with van der Waals surface area (Å²) in [6.45, 7) is 10.8. The number of aromatic nitrogens is 1. The molecule has 4 aromatic rings. The summed E-state index contributed by atoms with van der Waals surface area (Å²) in [5, 5.41) is 12.1. The molecule has 0 radical (unpaired) electrons. The van der Waals surface area contributed by atoms with Crippen LogP contribution in [0.5, 0.6) is 17.2 Å². The lowest BCUT2D eigenvalue weighted by Gasteiger charge is -2.24. The Balaban J connectivity index is 1.50. The minimum atomic E-state index is -0.945. The quantitative estimate of drug-likeness (QED) is 0.127. The van der Waals surface area contributed by atoms with Gasteiger partial charge in [-0.25, -0.2) is 4.98 Å². The Labute approximate surface area is 260 Å². The van der Waals surface area contributed by atoms with Crippen molar-refractivity contribution in [3.8, 4) is 17.2 Å². The van der Waals surface area contributed by atoms with Crippen LogP contribution in [-0.2, 0) is 16.0 Å². The second-order valence-corrected chi connectivity index (χ2v) is 13.0. The highest BCUT2D eigenvalue weighted by Gasteiger charge is 2.48. The van der Waals surface area contributed by atoms with Gasteiger partial charge in [-0.1, -0.05) is 37.3 Å². The summed E-state index contributed by atoms with van der Waals surface area (Å²) < 4.78 is 18.5. The molecular formula is C35H36N2O6S. The molecule has 1 aromatic heterocycles. The van der Waals surface area contributed by atoms with Gasteiger partial charge >= 0.3 is 5.91 Å². The van der Waals surface area contributed by atoms with Gasteiger partial charge < -0.3 is 19.3 Å². The first kappa shape index (κ1) is 29.7. The van der Waals surface area contributed by atoms with Crippen LogP contribution in [0.1, 0.15) is 61.1 Å². The zero-order valence-electron chi connectivity index (χ0n) is 25.8. The molecule has 228 valence electrons. The lowest BCUT2D eigenvalue weighted by molar-refractivity contribution is -0.132. The Kier molecular flexibility index (Phi) is 7.84. The number of fused-ring (bicyclic) bond motifs is 2. The number of ketones is 1. The van der Waals surface area contributed by atoms with Gasteiger partial charge in [0.05, 0.1) is 35.5 Å². The molecule has 44 heavy (non-hydrogen) atoms. The maximum Gasteiger partial charge on any atom is 0.301 e. The van der Waals surface area contributed by atoms with Gasteiger partial charge in [0.1, 0.15) is 17.6 Å². The fraction of sp³-hybridized carbons (Fsp3) is 0.343. The smallest absolute Gasteiger partial charge is 0.301 e. The number of aliphatic hydroxyl groups excluding tert-OH is 1. The van der Waals surface area contributed by atoms with Crippen molar-refractivity contribution in [2.45, 2.75) is 59.6 Å². The van der Waals surface area contributed by atoms with Crippen LogP contribution in [0.4, 0.5) is 5.13 Å². The summed E-state index contributed by atoms with van der Waals surface area (Å²) >= 11 is 1.35. The molecule has 2 aliphatic heterocycles. The summed E-state index contributed by atoms with van der Waals surface area (Å²) in [6.07, 6.45) is 1.59. The molecule has 1 amide bonds. The van der Waals surface area contributed by atoms with Crippen molar-refractivity contribution < 1.29 is 28.9 Å². The van der Waals surface area contributed by atoms with Crippen molar-refractivity contribution >= 4 is 44.1 Å². The van der Waals surface area contributed by atoms with Crippen LogP contribution in [0.2, 0.25) is 0 Å². The van der Waals surface area contributed by atoms with Gasteiger partial charge in [0.15, 0.2) is 16.6 Å². The maximum atomic E-state index is 13.8. The van der Waals surface area contributed by atoms with E-state index in [1.807, 2.05) is 45.0 Å². The Bertz CT molecular complexity index is 1820. The number of aryl methyl sites for hydroxylation is 2. The van der Waals surface area contributed by atoms with E-state index in [2.05, 4.69) is 13.8 Å². The number of carbonyl (C=O) groups is 2. The normalized spacial score (nSPS) is 19.1. The van der Waals surface area contributed by atoms with Crippen LogP contribution in [0.25, 0.3) is 16.0 Å². The van der Waals surface area contributed by atoms with Gasteiger partial charge in [0, 0.05) is 12.0 Å². The predicted octanol–water partition coefficient (Wildman–Crippen LogP) is 7.30. The summed E-state index contributed by atoms with van der Waals surface area (Å²) in [5.41, 5.74) is 4.80. The highest BCUT2D eigenvalue weighted by molar-refractivity contribution is 7.22. The molecule has 1 fully saturated rings. The third-order valence-corrected chi connectivity index (χ3v) is 9.10. The number of hydrogen-bond donors (Lipinski definition) is 1. The number of benzene rings is 3. The number of rotatable bonds is 8. The number of thiazole rings is 1. The van der Waals surface area contributed by atoms with Crippen LogP contribution in [0.15, 0.2) is 54.1 Å². The number of aliphatic hydroxyl groups is 1. The molecule has 3 heterocycles. The zero-order chi connectivity index (χ0) is 31.3. The number of methoxy groups -OCH3 is 1. The molecule has 1 N–H and O–H groups in total. The van der Waals surface area contributed by atoms with E-state index in [1.165, 1.54) is 16.2 Å². The molecule has 0 bridgehead atoms. The number of hydrogen-bond acceptors (Lipinski definition) is 8. The van der Waals surface area contributed by atoms with Crippen molar-refractivity contribution in [2.75, 3.05) is 18.6 Å². The van der Waals surface area contributed by atoms with Gasteiger partial charge in [-0.3, -0.25) is 14.5 Å². The van der Waals surface area contributed by atoms with Crippen LogP contribution in [0, 0.1) is 19.8 Å². The average molecular weight is 613 g/mol. The topological polar surface area (TPSA) is 98.2 Å². The number of Topliss-reactive ketones (excluding diaryl/α,β-unsaturated/α-hetero) is 1. The summed E-state index contributed by atoms with van der Waals surface area (Å²) in [5.74, 6) is 0.492. The van der Waals surface area contributed by atoms with Crippen molar-refractivity contribution in [3.63, 3.8) is 0 Å². The number of nitrogens with zero attached hydrogens (tertiary/aromatic N) is 2. The lowest BCUT2D eigenvalue weighted by atomic mass is 9.94. The van der Waals surface area contributed by atoms with E-state index in [0.29, 0.717) is 46.7 Å². The van der Waals surface area contributed by atoms with Crippen LogP contribution in [-0.4, -0.2) is 41.6 Å². The molecule has 8 nitrogen and oxygen atoms in total. The first-order chi connectivity index (χ1) is 21.0. The fourth-order valence-corrected chi connectivity index (χ4v) is 7.08. The summed E-state index contributed by atoms with van der Waals surface area (Å²) in [4.78, 5) is 33.9. The van der Waals surface area contributed by atoms with E-state index >= 15 is 0 Å². The Hall–Kier alpha value is -4.37. The summed E-state index contributed by atoms with van der Waals surface area (Å²) in [7, 11) is 1.55. The van der Waals surface area contributed by atoms with Crippen LogP contribution < -0.4 is 19.1 Å². The van der Waals surface area contributed by atoms with E-state index in [-0.39, 0.29) is 17.4 Å². The second-order valence-electron chi connectivity index (χ2n) is 12.0. The molecule has 1 saturated heterocycles. The lowest BCUT2D eigenvalue weighted by Crippen LogP contribution is -2.29. The third-order valence-electron chi connectivity index (χ3n) is 8.09. The Morgan fingerprint density at radius 2 is 1.91 bits per heavy atom. The Morgan fingerprint density at radius 3 is 2.66 bits per heavy atom. The second kappa shape index (κ2) is 11.6. The standard InChI is InChI=1S/C35H36N2O6S/c1-18(2)11-12-42-26-10-7-22(17-27(26)41-6)31-29(32(38)23-8-9-25-24(16-23)15-21(5)43-25)33(39)34(40)37(31)35-36-30-20(4)13-19(3)14-28(30)44-35/h7-10,13-14,16-18,21,31,38H,11-12,15H2,1-6H3/t21-,31-/m0/s1. The van der Waals surface area contributed by atoms with Crippen molar-refractivity contribution in [2.24, 2.45) is 5.92 Å². The first-order valence-electron chi connectivity index (χ1n) is 14.8. The molecule has 0 aliphatic carbocycles. The molecular weight excluding hydrogens is 576 g/mol. The highest BCUT2D eigenvalue weighted by atomic mass is 32.1. The molecule has 6 rings (SSSR count). The van der Waals surface area contributed by atoms with Gasteiger partial charge in [-0.05, 0) is 91.8 Å². The monoisotopic (exact) mass is 612 g/mol. The molecule has 2 atom stereocenters. The van der Waals surface area contributed by atoms with Crippen molar-refractivity contribution in [3.05, 3.63) is 81.9 Å². The maximum absolute atomic E-state index is 13.8.